The molecule has 1 heterocycles. The fourth-order valence-corrected chi connectivity index (χ4v) is 2.47. The van der Waals surface area contributed by atoms with Crippen molar-refractivity contribution in [3.05, 3.63) is 48.3 Å². The molecule has 0 saturated carbocycles. The predicted molar refractivity (Wildman–Crippen MR) is 95.0 cm³/mol. The summed E-state index contributed by atoms with van der Waals surface area (Å²) in [6.07, 6.45) is 5.59. The zero-order valence-corrected chi connectivity index (χ0v) is 14.5. The van der Waals surface area contributed by atoms with Gasteiger partial charge >= 0.3 is 0 Å². The quantitative estimate of drug-likeness (QED) is 0.815. The lowest BCUT2D eigenvalue weighted by atomic mass is 9.92. The van der Waals surface area contributed by atoms with Gasteiger partial charge in [0.1, 0.15) is 0 Å². The number of rotatable bonds is 7. The largest absolute Gasteiger partial charge is 0.349 e. The summed E-state index contributed by atoms with van der Waals surface area (Å²) in [4.78, 5) is 12.2. The van der Waals surface area contributed by atoms with Gasteiger partial charge in [0.05, 0.1) is 23.8 Å². The molecule has 0 aliphatic heterocycles. The van der Waals surface area contributed by atoms with Crippen LogP contribution in [0.2, 0.25) is 0 Å². The molecular weight excluding hydrogens is 312 g/mol. The first-order valence-corrected chi connectivity index (χ1v) is 7.72. The molecule has 0 saturated heterocycles. The van der Waals surface area contributed by atoms with Crippen LogP contribution in [0.15, 0.2) is 42.7 Å². The van der Waals surface area contributed by atoms with Crippen molar-refractivity contribution in [1.29, 1.82) is 0 Å². The van der Waals surface area contributed by atoms with Crippen molar-refractivity contribution in [1.82, 2.24) is 15.1 Å². The van der Waals surface area contributed by atoms with Gasteiger partial charge in [0.2, 0.25) is 5.91 Å². The minimum atomic E-state index is -0.299. The molecule has 126 valence electrons. The summed E-state index contributed by atoms with van der Waals surface area (Å²) in [6.45, 7) is 4.54. The van der Waals surface area contributed by atoms with E-state index < -0.39 is 0 Å². The van der Waals surface area contributed by atoms with Gasteiger partial charge < -0.3 is 11.1 Å². The van der Waals surface area contributed by atoms with Crippen molar-refractivity contribution in [3.63, 3.8) is 0 Å². The standard InChI is InChI=1S/C17H24N4O.ClH/c1-3-17(4-2,13-18)20-16(22)10-14-11-19-21(12-14)15-8-6-5-7-9-15;/h5-9,11-12H,3-4,10,13,18H2,1-2H3,(H,20,22);1H. The third kappa shape index (κ3) is 4.81. The van der Waals surface area contributed by atoms with Gasteiger partial charge in [-0.05, 0) is 30.5 Å². The first kappa shape index (κ1) is 19.2. The van der Waals surface area contributed by atoms with Crippen molar-refractivity contribution < 1.29 is 4.79 Å². The molecule has 0 atom stereocenters. The molecule has 2 aromatic rings. The number of nitrogens with zero attached hydrogens (tertiary/aromatic N) is 2. The molecule has 0 radical (unpaired) electrons. The van der Waals surface area contributed by atoms with E-state index in [1.807, 2.05) is 50.4 Å². The molecule has 3 N–H and O–H groups in total. The van der Waals surface area contributed by atoms with Crippen LogP contribution in [0, 0.1) is 0 Å². The van der Waals surface area contributed by atoms with Crippen LogP contribution in [0.5, 0.6) is 0 Å². The lowest BCUT2D eigenvalue weighted by Gasteiger charge is -2.31. The van der Waals surface area contributed by atoms with Gasteiger partial charge in [0.25, 0.3) is 0 Å². The first-order valence-electron chi connectivity index (χ1n) is 7.72. The molecule has 6 heteroatoms. The van der Waals surface area contributed by atoms with Gasteiger partial charge in [0.15, 0.2) is 0 Å². The average molecular weight is 337 g/mol. The number of hydrogen-bond acceptors (Lipinski definition) is 3. The molecule has 0 bridgehead atoms. The smallest absolute Gasteiger partial charge is 0.225 e. The van der Waals surface area contributed by atoms with E-state index >= 15 is 0 Å². The van der Waals surface area contributed by atoms with Crippen LogP contribution in [-0.2, 0) is 11.2 Å². The summed E-state index contributed by atoms with van der Waals surface area (Å²) < 4.78 is 1.78. The molecule has 23 heavy (non-hydrogen) atoms. The molecule has 1 aromatic heterocycles. The number of halogens is 1. The number of para-hydroxylation sites is 1. The second-order valence-electron chi connectivity index (χ2n) is 5.55. The molecule has 1 amide bonds. The van der Waals surface area contributed by atoms with E-state index in [0.717, 1.165) is 24.1 Å². The van der Waals surface area contributed by atoms with Crippen LogP contribution in [0.25, 0.3) is 5.69 Å². The maximum absolute atomic E-state index is 12.2. The summed E-state index contributed by atoms with van der Waals surface area (Å²) in [7, 11) is 0. The monoisotopic (exact) mass is 336 g/mol. The normalized spacial score (nSPS) is 10.9. The van der Waals surface area contributed by atoms with Crippen LogP contribution in [0.4, 0.5) is 0 Å². The number of carbonyl (C=O) groups is 1. The van der Waals surface area contributed by atoms with E-state index in [0.29, 0.717) is 13.0 Å². The van der Waals surface area contributed by atoms with Gasteiger partial charge in [-0.25, -0.2) is 4.68 Å². The number of amides is 1. The molecule has 0 aliphatic carbocycles. The molecule has 2 rings (SSSR count). The Morgan fingerprint density at radius 2 is 1.91 bits per heavy atom. The Bertz CT molecular complexity index is 600. The van der Waals surface area contributed by atoms with Crippen molar-refractivity contribution in [2.75, 3.05) is 6.54 Å². The fraction of sp³-hybridized carbons (Fsp3) is 0.412. The second kappa shape index (κ2) is 8.70. The number of hydrogen-bond donors (Lipinski definition) is 2. The van der Waals surface area contributed by atoms with Gasteiger partial charge in [-0.2, -0.15) is 5.10 Å². The summed E-state index contributed by atoms with van der Waals surface area (Å²) in [6, 6.07) is 9.83. The van der Waals surface area contributed by atoms with E-state index in [2.05, 4.69) is 10.4 Å². The summed E-state index contributed by atoms with van der Waals surface area (Å²) >= 11 is 0. The van der Waals surface area contributed by atoms with Crippen LogP contribution < -0.4 is 11.1 Å². The zero-order valence-electron chi connectivity index (χ0n) is 13.7. The van der Waals surface area contributed by atoms with Gasteiger partial charge in [-0.1, -0.05) is 32.0 Å². The van der Waals surface area contributed by atoms with E-state index in [1.54, 1.807) is 10.9 Å². The average Bonchev–Trinajstić information content (AvgIpc) is 3.02. The van der Waals surface area contributed by atoms with Gasteiger partial charge in [0, 0.05) is 12.7 Å². The van der Waals surface area contributed by atoms with Crippen LogP contribution in [0.3, 0.4) is 0 Å². The van der Waals surface area contributed by atoms with Gasteiger partial charge in [-0.15, -0.1) is 12.4 Å². The lowest BCUT2D eigenvalue weighted by molar-refractivity contribution is -0.122. The van der Waals surface area contributed by atoms with Crippen LogP contribution in [0.1, 0.15) is 32.3 Å². The minimum Gasteiger partial charge on any atom is -0.349 e. The highest BCUT2D eigenvalue weighted by molar-refractivity contribution is 5.85. The first-order chi connectivity index (χ1) is 10.6. The molecular formula is C17H25ClN4O. The molecule has 0 fully saturated rings. The predicted octanol–water partition coefficient (Wildman–Crippen LogP) is 2.47. The number of benzene rings is 1. The Morgan fingerprint density at radius 3 is 2.48 bits per heavy atom. The topological polar surface area (TPSA) is 72.9 Å². The second-order valence-corrected chi connectivity index (χ2v) is 5.55. The Morgan fingerprint density at radius 1 is 1.26 bits per heavy atom. The molecule has 0 unspecified atom stereocenters. The maximum Gasteiger partial charge on any atom is 0.225 e. The number of carbonyl (C=O) groups excluding carboxylic acids is 1. The fourth-order valence-electron chi connectivity index (χ4n) is 2.47. The Hall–Kier alpha value is -1.85. The van der Waals surface area contributed by atoms with Crippen LogP contribution >= 0.6 is 12.4 Å². The third-order valence-corrected chi connectivity index (χ3v) is 4.17. The van der Waals surface area contributed by atoms with Crippen LogP contribution in [-0.4, -0.2) is 27.8 Å². The Labute approximate surface area is 143 Å². The van der Waals surface area contributed by atoms with E-state index in [4.69, 9.17) is 5.73 Å². The zero-order chi connectivity index (χ0) is 16.0. The lowest BCUT2D eigenvalue weighted by Crippen LogP contribution is -2.53. The van der Waals surface area contributed by atoms with Gasteiger partial charge in [-0.3, -0.25) is 4.79 Å². The highest BCUT2D eigenvalue weighted by Crippen LogP contribution is 2.14. The van der Waals surface area contributed by atoms with E-state index in [-0.39, 0.29) is 23.9 Å². The van der Waals surface area contributed by atoms with Crippen molar-refractivity contribution >= 4 is 18.3 Å². The minimum absolute atomic E-state index is 0. The molecule has 1 aromatic carbocycles. The van der Waals surface area contributed by atoms with E-state index in [9.17, 15) is 4.79 Å². The Kier molecular flexibility index (Phi) is 7.26. The highest BCUT2D eigenvalue weighted by atomic mass is 35.5. The Balaban J connectivity index is 0.00000264. The number of aromatic nitrogens is 2. The third-order valence-electron chi connectivity index (χ3n) is 4.17. The SMILES string of the molecule is CCC(CC)(CN)NC(=O)Cc1cnn(-c2ccccc2)c1.Cl. The highest BCUT2D eigenvalue weighted by Gasteiger charge is 2.26. The summed E-state index contributed by atoms with van der Waals surface area (Å²) in [5.41, 5.74) is 7.39. The number of nitrogens with one attached hydrogen (secondary N) is 1. The molecule has 0 aliphatic rings. The van der Waals surface area contributed by atoms with Crippen molar-refractivity contribution in [2.45, 2.75) is 38.6 Å². The van der Waals surface area contributed by atoms with Crippen molar-refractivity contribution in [2.24, 2.45) is 5.73 Å². The maximum atomic E-state index is 12.2. The van der Waals surface area contributed by atoms with E-state index in [1.165, 1.54) is 0 Å². The molecule has 5 nitrogen and oxygen atoms in total. The molecule has 0 spiro atoms. The summed E-state index contributed by atoms with van der Waals surface area (Å²) in [5, 5.41) is 7.38. The number of nitrogens with two attached hydrogens (primary N) is 1. The van der Waals surface area contributed by atoms with Crippen molar-refractivity contribution in [3.8, 4) is 5.69 Å². The summed E-state index contributed by atoms with van der Waals surface area (Å²) in [5.74, 6) is -0.0123.